The largest absolute Gasteiger partial charge is 0.491 e. The highest BCUT2D eigenvalue weighted by atomic mass is 35.5. The molecule has 2 fully saturated rings. The van der Waals surface area contributed by atoms with Gasteiger partial charge in [0.05, 0.1) is 6.10 Å². The molecule has 3 nitrogen and oxygen atoms in total. The van der Waals surface area contributed by atoms with Crippen LogP contribution in [0.1, 0.15) is 38.7 Å². The lowest BCUT2D eigenvalue weighted by molar-refractivity contribution is 0.194. The van der Waals surface area contributed by atoms with E-state index in [1.165, 1.54) is 51.0 Å². The number of rotatable bonds is 4. The zero-order valence-electron chi connectivity index (χ0n) is 13.8. The van der Waals surface area contributed by atoms with Crippen molar-refractivity contribution < 1.29 is 4.74 Å². The van der Waals surface area contributed by atoms with Crippen molar-refractivity contribution in [2.45, 2.75) is 45.8 Å². The molecular formula is C18H29ClN2O. The van der Waals surface area contributed by atoms with Crippen molar-refractivity contribution in [2.75, 3.05) is 26.2 Å². The average Bonchev–Trinajstić information content (AvgIpc) is 2.84. The van der Waals surface area contributed by atoms with Crippen LogP contribution in [0.15, 0.2) is 24.3 Å². The first-order valence-electron chi connectivity index (χ1n) is 8.34. The zero-order valence-corrected chi connectivity index (χ0v) is 14.6. The van der Waals surface area contributed by atoms with Crippen LogP contribution in [-0.2, 0) is 6.54 Å². The highest BCUT2D eigenvalue weighted by Crippen LogP contribution is 2.39. The van der Waals surface area contributed by atoms with E-state index in [1.54, 1.807) is 0 Å². The van der Waals surface area contributed by atoms with Crippen LogP contribution in [0.5, 0.6) is 5.75 Å². The van der Waals surface area contributed by atoms with E-state index in [1.807, 2.05) is 0 Å². The van der Waals surface area contributed by atoms with Gasteiger partial charge in [0.1, 0.15) is 5.75 Å². The summed E-state index contributed by atoms with van der Waals surface area (Å²) >= 11 is 0. The summed E-state index contributed by atoms with van der Waals surface area (Å²) in [7, 11) is 0. The maximum atomic E-state index is 5.71. The summed E-state index contributed by atoms with van der Waals surface area (Å²) in [6.45, 7) is 10.2. The van der Waals surface area contributed by atoms with Gasteiger partial charge in [0.25, 0.3) is 0 Å². The lowest BCUT2D eigenvalue weighted by atomic mass is 9.78. The first-order chi connectivity index (χ1) is 10.2. The van der Waals surface area contributed by atoms with E-state index >= 15 is 0 Å². The summed E-state index contributed by atoms with van der Waals surface area (Å²) in [6, 6.07) is 8.63. The zero-order chi connectivity index (χ0) is 14.7. The fraction of sp³-hybridized carbons (Fsp3) is 0.667. The highest BCUT2D eigenvalue weighted by Gasteiger charge is 2.38. The third kappa shape index (κ3) is 4.37. The molecule has 1 spiro atoms. The second kappa shape index (κ2) is 7.67. The van der Waals surface area contributed by atoms with Crippen LogP contribution in [0, 0.1) is 5.41 Å². The third-order valence-electron chi connectivity index (χ3n) is 4.88. The number of hydrogen-bond acceptors (Lipinski definition) is 3. The van der Waals surface area contributed by atoms with E-state index < -0.39 is 0 Å². The standard InChI is InChI=1S/C18H28N2O.ClH/c1-15(2)21-17-5-3-16(4-6-17)13-20-12-9-18(14-20)7-10-19-11-8-18;/h3-6,15,19H,7-14H2,1-2H3;1H. The topological polar surface area (TPSA) is 24.5 Å². The molecule has 4 heteroatoms. The Balaban J connectivity index is 0.00000176. The van der Waals surface area contributed by atoms with Gasteiger partial charge in [-0.15, -0.1) is 12.4 Å². The van der Waals surface area contributed by atoms with Gasteiger partial charge in [0.15, 0.2) is 0 Å². The molecule has 3 rings (SSSR count). The van der Waals surface area contributed by atoms with Crippen LogP contribution >= 0.6 is 12.4 Å². The van der Waals surface area contributed by atoms with Crippen molar-refractivity contribution in [3.8, 4) is 5.75 Å². The Hall–Kier alpha value is -0.770. The predicted octanol–water partition coefficient (Wildman–Crippen LogP) is 3.47. The number of hydrogen-bond donors (Lipinski definition) is 1. The van der Waals surface area contributed by atoms with Crippen LogP contribution in [0.4, 0.5) is 0 Å². The van der Waals surface area contributed by atoms with Gasteiger partial charge in [0, 0.05) is 13.1 Å². The minimum Gasteiger partial charge on any atom is -0.491 e. The van der Waals surface area contributed by atoms with Gasteiger partial charge in [-0.25, -0.2) is 0 Å². The minimum atomic E-state index is 0. The van der Waals surface area contributed by atoms with E-state index in [4.69, 9.17) is 4.74 Å². The maximum Gasteiger partial charge on any atom is 0.119 e. The van der Waals surface area contributed by atoms with E-state index in [0.29, 0.717) is 5.41 Å². The lowest BCUT2D eigenvalue weighted by Crippen LogP contribution is -2.38. The number of benzene rings is 1. The van der Waals surface area contributed by atoms with Crippen LogP contribution in [0.3, 0.4) is 0 Å². The molecule has 0 atom stereocenters. The van der Waals surface area contributed by atoms with Gasteiger partial charge < -0.3 is 10.1 Å². The molecule has 2 aliphatic heterocycles. The average molecular weight is 325 g/mol. The van der Waals surface area contributed by atoms with Crippen molar-refractivity contribution in [1.82, 2.24) is 10.2 Å². The third-order valence-corrected chi connectivity index (χ3v) is 4.88. The van der Waals surface area contributed by atoms with E-state index in [-0.39, 0.29) is 18.5 Å². The van der Waals surface area contributed by atoms with Crippen molar-refractivity contribution >= 4 is 12.4 Å². The molecule has 22 heavy (non-hydrogen) atoms. The fourth-order valence-corrected chi connectivity index (χ4v) is 3.73. The molecular weight excluding hydrogens is 296 g/mol. The summed E-state index contributed by atoms with van der Waals surface area (Å²) in [5, 5.41) is 3.49. The lowest BCUT2D eigenvalue weighted by Gasteiger charge is -2.33. The van der Waals surface area contributed by atoms with Gasteiger partial charge in [-0.1, -0.05) is 12.1 Å². The number of ether oxygens (including phenoxy) is 1. The molecule has 124 valence electrons. The molecule has 0 radical (unpaired) electrons. The molecule has 2 saturated heterocycles. The molecule has 0 aromatic heterocycles. The predicted molar refractivity (Wildman–Crippen MR) is 93.9 cm³/mol. The van der Waals surface area contributed by atoms with E-state index in [0.717, 1.165) is 12.3 Å². The normalized spacial score (nSPS) is 21.0. The van der Waals surface area contributed by atoms with Gasteiger partial charge in [-0.05, 0) is 75.9 Å². The van der Waals surface area contributed by atoms with Gasteiger partial charge in [-0.3, -0.25) is 4.90 Å². The summed E-state index contributed by atoms with van der Waals surface area (Å²) in [6.07, 6.45) is 4.33. The molecule has 0 saturated carbocycles. The van der Waals surface area contributed by atoms with Gasteiger partial charge >= 0.3 is 0 Å². The number of nitrogens with one attached hydrogen (secondary N) is 1. The second-order valence-electron chi connectivity index (χ2n) is 7.02. The summed E-state index contributed by atoms with van der Waals surface area (Å²) < 4.78 is 5.71. The highest BCUT2D eigenvalue weighted by molar-refractivity contribution is 5.85. The number of nitrogens with zero attached hydrogens (tertiary/aromatic N) is 1. The van der Waals surface area contributed by atoms with Crippen molar-refractivity contribution in [1.29, 1.82) is 0 Å². The van der Waals surface area contributed by atoms with Crippen LogP contribution in [0.25, 0.3) is 0 Å². The molecule has 1 aromatic rings. The van der Waals surface area contributed by atoms with Crippen molar-refractivity contribution in [3.63, 3.8) is 0 Å². The Kier molecular flexibility index (Phi) is 6.13. The summed E-state index contributed by atoms with van der Waals surface area (Å²) in [5.41, 5.74) is 2.00. The first-order valence-corrected chi connectivity index (χ1v) is 8.34. The Morgan fingerprint density at radius 2 is 1.82 bits per heavy atom. The second-order valence-corrected chi connectivity index (χ2v) is 7.02. The monoisotopic (exact) mass is 324 g/mol. The van der Waals surface area contributed by atoms with Crippen LogP contribution < -0.4 is 10.1 Å². The summed E-state index contributed by atoms with van der Waals surface area (Å²) in [5.74, 6) is 0.977. The van der Waals surface area contributed by atoms with E-state index in [2.05, 4.69) is 48.3 Å². The van der Waals surface area contributed by atoms with Crippen molar-refractivity contribution in [2.24, 2.45) is 5.41 Å². The number of likely N-dealkylation sites (tertiary alicyclic amines) is 1. The molecule has 2 aliphatic rings. The minimum absolute atomic E-state index is 0. The number of halogens is 1. The van der Waals surface area contributed by atoms with Gasteiger partial charge in [0.2, 0.25) is 0 Å². The quantitative estimate of drug-likeness (QED) is 0.917. The molecule has 0 amide bonds. The van der Waals surface area contributed by atoms with Crippen molar-refractivity contribution in [3.05, 3.63) is 29.8 Å². The SMILES string of the molecule is CC(C)Oc1ccc(CN2CCC3(CCNCC3)C2)cc1.Cl. The molecule has 0 aliphatic carbocycles. The number of piperidine rings is 1. The fourth-order valence-electron chi connectivity index (χ4n) is 3.73. The first kappa shape index (κ1) is 17.6. The molecule has 0 bridgehead atoms. The Morgan fingerprint density at radius 3 is 2.45 bits per heavy atom. The Labute approximate surface area is 140 Å². The smallest absolute Gasteiger partial charge is 0.119 e. The maximum absolute atomic E-state index is 5.71. The summed E-state index contributed by atoms with van der Waals surface area (Å²) in [4.78, 5) is 2.63. The van der Waals surface area contributed by atoms with Gasteiger partial charge in [-0.2, -0.15) is 0 Å². The molecule has 1 aromatic carbocycles. The Morgan fingerprint density at radius 1 is 1.14 bits per heavy atom. The van der Waals surface area contributed by atoms with Crippen LogP contribution in [0.2, 0.25) is 0 Å². The van der Waals surface area contributed by atoms with Crippen LogP contribution in [-0.4, -0.2) is 37.2 Å². The molecule has 1 N–H and O–H groups in total. The van der Waals surface area contributed by atoms with E-state index in [9.17, 15) is 0 Å². The Bertz CT molecular complexity index is 455. The molecule has 0 unspecified atom stereocenters. The molecule has 2 heterocycles.